The van der Waals surface area contributed by atoms with Crippen LogP contribution in [0.2, 0.25) is 0 Å². The van der Waals surface area contributed by atoms with Gasteiger partial charge in [0.2, 0.25) is 0 Å². The molecule has 0 aliphatic heterocycles. The molecule has 0 saturated heterocycles. The maximum Gasteiger partial charge on any atom is 0.407 e. The summed E-state index contributed by atoms with van der Waals surface area (Å²) < 4.78 is 31.5. The monoisotopic (exact) mass is 427 g/mol. The number of nitrogens with one attached hydrogen (secondary N) is 1. The molecule has 1 amide bonds. The van der Waals surface area contributed by atoms with Crippen LogP contribution in [0.25, 0.3) is 0 Å². The molecule has 30 heavy (non-hydrogen) atoms. The number of amides is 1. The summed E-state index contributed by atoms with van der Waals surface area (Å²) in [5.74, 6) is 0.174. The molecule has 0 radical (unpaired) electrons. The van der Waals surface area contributed by atoms with Crippen LogP contribution in [0.5, 0.6) is 5.75 Å². The molecule has 1 aromatic carbocycles. The van der Waals surface area contributed by atoms with Gasteiger partial charge in [0.15, 0.2) is 0 Å². The first-order valence-corrected chi connectivity index (χ1v) is 9.83. The number of carbonyl (C=O) groups excluding carboxylic acids is 2. The van der Waals surface area contributed by atoms with Crippen LogP contribution in [-0.4, -0.2) is 77.6 Å². The van der Waals surface area contributed by atoms with Gasteiger partial charge < -0.3 is 33.7 Å². The van der Waals surface area contributed by atoms with E-state index >= 15 is 0 Å². The number of hydrogen-bond donors (Lipinski definition) is 1. The van der Waals surface area contributed by atoms with Crippen LogP contribution in [0, 0.1) is 0 Å². The normalized spacial score (nSPS) is 11.1. The van der Waals surface area contributed by atoms with Crippen molar-refractivity contribution in [1.82, 2.24) is 5.32 Å². The molecular formula is C21H33NO8. The lowest BCUT2D eigenvalue weighted by Gasteiger charge is -2.19. The van der Waals surface area contributed by atoms with E-state index in [0.29, 0.717) is 64.1 Å². The first-order chi connectivity index (χ1) is 14.3. The molecule has 0 fully saturated rings. The van der Waals surface area contributed by atoms with Crippen molar-refractivity contribution >= 4 is 12.1 Å². The second kappa shape index (κ2) is 14.6. The van der Waals surface area contributed by atoms with Gasteiger partial charge in [-0.2, -0.15) is 0 Å². The molecular weight excluding hydrogens is 394 g/mol. The van der Waals surface area contributed by atoms with Crippen molar-refractivity contribution in [2.24, 2.45) is 0 Å². The number of rotatable bonds is 14. The highest BCUT2D eigenvalue weighted by molar-refractivity contribution is 5.89. The lowest BCUT2D eigenvalue weighted by molar-refractivity contribution is 0.00903. The molecule has 0 spiro atoms. The topological polar surface area (TPSA) is 102 Å². The van der Waals surface area contributed by atoms with E-state index in [0.717, 1.165) is 0 Å². The van der Waals surface area contributed by atoms with E-state index in [9.17, 15) is 9.59 Å². The van der Waals surface area contributed by atoms with Crippen LogP contribution in [0.15, 0.2) is 24.3 Å². The Balaban J connectivity index is 1.91. The average molecular weight is 427 g/mol. The van der Waals surface area contributed by atoms with Crippen LogP contribution in [-0.2, 0) is 23.7 Å². The van der Waals surface area contributed by atoms with Crippen LogP contribution < -0.4 is 10.1 Å². The maximum absolute atomic E-state index is 11.5. The highest BCUT2D eigenvalue weighted by Gasteiger charge is 2.15. The highest BCUT2D eigenvalue weighted by atomic mass is 16.6. The molecule has 0 heterocycles. The minimum Gasteiger partial charge on any atom is -0.491 e. The minimum atomic E-state index is -0.511. The van der Waals surface area contributed by atoms with E-state index in [2.05, 4.69) is 10.1 Å². The number of ether oxygens (including phenoxy) is 6. The van der Waals surface area contributed by atoms with Crippen molar-refractivity contribution < 1.29 is 38.0 Å². The third-order valence-electron chi connectivity index (χ3n) is 3.41. The van der Waals surface area contributed by atoms with Crippen LogP contribution in [0.1, 0.15) is 31.1 Å². The van der Waals surface area contributed by atoms with Gasteiger partial charge in [-0.1, -0.05) is 6.07 Å². The highest BCUT2D eigenvalue weighted by Crippen LogP contribution is 2.13. The quantitative estimate of drug-likeness (QED) is 0.357. The van der Waals surface area contributed by atoms with Crippen molar-refractivity contribution in [2.75, 3.05) is 59.9 Å². The SMILES string of the molecule is COC(=O)c1cccc(OCCOCCOCCOCCNC(=O)OC(C)(C)C)c1. The molecule has 0 aromatic heterocycles. The molecule has 9 nitrogen and oxygen atoms in total. The summed E-state index contributed by atoms with van der Waals surface area (Å²) in [6.07, 6.45) is -0.459. The Kier molecular flexibility index (Phi) is 12.5. The van der Waals surface area contributed by atoms with Crippen molar-refractivity contribution in [3.05, 3.63) is 29.8 Å². The van der Waals surface area contributed by atoms with E-state index < -0.39 is 17.7 Å². The van der Waals surface area contributed by atoms with E-state index in [1.165, 1.54) is 7.11 Å². The molecule has 170 valence electrons. The predicted octanol–water partition coefficient (Wildman–Crippen LogP) is 2.43. The van der Waals surface area contributed by atoms with Crippen LogP contribution in [0.3, 0.4) is 0 Å². The molecule has 0 saturated carbocycles. The first kappa shape index (κ1) is 25.7. The Hall–Kier alpha value is -2.36. The fourth-order valence-corrected chi connectivity index (χ4v) is 2.13. The first-order valence-electron chi connectivity index (χ1n) is 9.83. The van der Waals surface area contributed by atoms with Gasteiger partial charge >= 0.3 is 12.1 Å². The largest absolute Gasteiger partial charge is 0.491 e. The molecule has 1 N–H and O–H groups in total. The molecule has 0 atom stereocenters. The number of benzene rings is 1. The minimum absolute atomic E-state index is 0.360. The van der Waals surface area contributed by atoms with Gasteiger partial charge in [0, 0.05) is 6.54 Å². The second-order valence-electron chi connectivity index (χ2n) is 7.13. The maximum atomic E-state index is 11.5. The fourth-order valence-electron chi connectivity index (χ4n) is 2.13. The summed E-state index contributed by atoms with van der Waals surface area (Å²) in [6, 6.07) is 6.77. The standard InChI is InChI=1S/C21H33NO8/c1-21(2,3)30-20(24)22-8-9-26-10-11-27-12-13-28-14-15-29-18-7-5-6-17(16-18)19(23)25-4/h5-7,16H,8-15H2,1-4H3,(H,22,24). The summed E-state index contributed by atoms with van der Waals surface area (Å²) >= 11 is 0. The van der Waals surface area contributed by atoms with Gasteiger partial charge in [0.25, 0.3) is 0 Å². The molecule has 0 aliphatic carbocycles. The third-order valence-corrected chi connectivity index (χ3v) is 3.41. The zero-order valence-electron chi connectivity index (χ0n) is 18.2. The molecule has 9 heteroatoms. The molecule has 0 bridgehead atoms. The number of carbonyl (C=O) groups is 2. The molecule has 1 aromatic rings. The summed E-state index contributed by atoms with van der Waals surface area (Å²) in [7, 11) is 1.34. The summed E-state index contributed by atoms with van der Waals surface area (Å²) in [5.41, 5.74) is -0.0742. The Morgan fingerprint density at radius 3 is 2.10 bits per heavy atom. The van der Waals surface area contributed by atoms with Crippen molar-refractivity contribution in [1.29, 1.82) is 0 Å². The van der Waals surface area contributed by atoms with Gasteiger partial charge in [-0.25, -0.2) is 9.59 Å². The van der Waals surface area contributed by atoms with Gasteiger partial charge in [-0.15, -0.1) is 0 Å². The number of methoxy groups -OCH3 is 1. The zero-order valence-corrected chi connectivity index (χ0v) is 18.2. The molecule has 0 unspecified atom stereocenters. The predicted molar refractivity (Wildman–Crippen MR) is 110 cm³/mol. The van der Waals surface area contributed by atoms with Gasteiger partial charge in [0.05, 0.1) is 52.3 Å². The molecule has 1 rings (SSSR count). The number of alkyl carbamates (subject to hydrolysis) is 1. The lowest BCUT2D eigenvalue weighted by Crippen LogP contribution is -2.34. The van der Waals surface area contributed by atoms with Crippen molar-refractivity contribution in [3.8, 4) is 5.75 Å². The zero-order chi connectivity index (χ0) is 22.2. The number of esters is 1. The van der Waals surface area contributed by atoms with Crippen LogP contribution >= 0.6 is 0 Å². The Morgan fingerprint density at radius 1 is 0.900 bits per heavy atom. The van der Waals surface area contributed by atoms with Gasteiger partial charge in [-0.3, -0.25) is 0 Å². The summed E-state index contributed by atoms with van der Waals surface area (Å²) in [5, 5.41) is 2.61. The van der Waals surface area contributed by atoms with Crippen molar-refractivity contribution in [3.63, 3.8) is 0 Å². The number of hydrogen-bond acceptors (Lipinski definition) is 8. The second-order valence-corrected chi connectivity index (χ2v) is 7.13. The fraction of sp³-hybridized carbons (Fsp3) is 0.619. The smallest absolute Gasteiger partial charge is 0.407 e. The van der Waals surface area contributed by atoms with E-state index in [-0.39, 0.29) is 0 Å². The summed E-state index contributed by atoms with van der Waals surface area (Å²) in [4.78, 5) is 22.9. The lowest BCUT2D eigenvalue weighted by atomic mass is 10.2. The van der Waals surface area contributed by atoms with Crippen molar-refractivity contribution in [2.45, 2.75) is 26.4 Å². The van der Waals surface area contributed by atoms with Crippen LogP contribution in [0.4, 0.5) is 4.79 Å². The summed E-state index contributed by atoms with van der Waals surface area (Å²) in [6.45, 7) is 8.68. The third kappa shape index (κ3) is 13.0. The Morgan fingerprint density at radius 2 is 1.50 bits per heavy atom. The average Bonchev–Trinajstić information content (AvgIpc) is 2.69. The Bertz CT molecular complexity index is 630. The van der Waals surface area contributed by atoms with E-state index in [1.54, 1.807) is 24.3 Å². The van der Waals surface area contributed by atoms with E-state index in [1.807, 2.05) is 20.8 Å². The van der Waals surface area contributed by atoms with Gasteiger partial charge in [0.1, 0.15) is 18.0 Å². The van der Waals surface area contributed by atoms with E-state index in [4.69, 9.17) is 23.7 Å². The van der Waals surface area contributed by atoms with Gasteiger partial charge in [-0.05, 0) is 39.0 Å². The Labute approximate surface area is 177 Å². The molecule has 0 aliphatic rings.